The van der Waals surface area contributed by atoms with E-state index in [1.807, 2.05) is 6.92 Å². The summed E-state index contributed by atoms with van der Waals surface area (Å²) in [5, 5.41) is 0. The summed E-state index contributed by atoms with van der Waals surface area (Å²) in [7, 11) is -6.92. The Kier molecular flexibility index (Phi) is 4.90. The van der Waals surface area contributed by atoms with Crippen LogP contribution in [-0.4, -0.2) is 23.1 Å². The van der Waals surface area contributed by atoms with E-state index in [0.717, 1.165) is 11.1 Å². The zero-order chi connectivity index (χ0) is 16.4. The molecule has 22 heavy (non-hydrogen) atoms. The van der Waals surface area contributed by atoms with Crippen LogP contribution in [0, 0.1) is 6.92 Å². The average molecular weight is 360 g/mol. The summed E-state index contributed by atoms with van der Waals surface area (Å²) in [4.78, 5) is 0.916. The zero-order valence-electron chi connectivity index (χ0n) is 12.0. The topological polar surface area (TPSA) is 92.3 Å². The largest absolute Gasteiger partial charge is 0.284 e. The monoisotopic (exact) mass is 360 g/mol. The number of nitrogens with one attached hydrogen (secondary N) is 2. The molecule has 2 N–H and O–H groups in total. The van der Waals surface area contributed by atoms with Gasteiger partial charge in [-0.2, -0.15) is 0 Å². The van der Waals surface area contributed by atoms with Gasteiger partial charge >= 0.3 is 0 Å². The molecule has 6 nitrogen and oxygen atoms in total. The molecule has 0 aliphatic carbocycles. The number of hydrogen-bond acceptors (Lipinski definition) is 5. The van der Waals surface area contributed by atoms with Crippen LogP contribution in [-0.2, 0) is 26.6 Å². The summed E-state index contributed by atoms with van der Waals surface area (Å²) < 4.78 is 51.7. The summed E-state index contributed by atoms with van der Waals surface area (Å²) in [6.45, 7) is 1.92. The molecule has 1 aromatic heterocycles. The summed E-state index contributed by atoms with van der Waals surface area (Å²) in [6.07, 6.45) is 1.06. The van der Waals surface area contributed by atoms with Gasteiger partial charge in [-0.3, -0.25) is 4.72 Å². The average Bonchev–Trinajstić information content (AvgIpc) is 2.83. The molecule has 120 valence electrons. The minimum absolute atomic E-state index is 0.0819. The first-order valence-electron chi connectivity index (χ1n) is 6.28. The molecule has 0 saturated heterocycles. The van der Waals surface area contributed by atoms with Gasteiger partial charge in [0.15, 0.2) is 0 Å². The molecule has 2 rings (SSSR count). The van der Waals surface area contributed by atoms with Crippen LogP contribution < -0.4 is 9.44 Å². The summed E-state index contributed by atoms with van der Waals surface area (Å²) in [5.74, 6) is 0. The molecule has 0 spiro atoms. The van der Waals surface area contributed by atoms with Crippen LogP contribution in [0.25, 0.3) is 0 Å². The Bertz CT molecular complexity index is 870. The van der Waals surface area contributed by atoms with Crippen LogP contribution in [0.3, 0.4) is 0 Å². The van der Waals surface area contributed by atoms with E-state index in [0.29, 0.717) is 11.3 Å². The van der Waals surface area contributed by atoms with Crippen molar-refractivity contribution < 1.29 is 16.8 Å². The molecular weight excluding hydrogens is 344 g/mol. The highest BCUT2D eigenvalue weighted by Crippen LogP contribution is 2.21. The highest BCUT2D eigenvalue weighted by atomic mass is 32.2. The molecule has 0 aliphatic rings. The predicted octanol–water partition coefficient (Wildman–Crippen LogP) is 1.91. The number of anilines is 1. The molecule has 2 aromatic rings. The Morgan fingerprint density at radius 2 is 1.82 bits per heavy atom. The molecule has 1 heterocycles. The van der Waals surface area contributed by atoms with E-state index in [1.165, 1.54) is 11.3 Å². The summed E-state index contributed by atoms with van der Waals surface area (Å²) >= 11 is 1.20. The number of rotatable bonds is 6. The third kappa shape index (κ3) is 4.80. The van der Waals surface area contributed by atoms with Crippen LogP contribution in [0.2, 0.25) is 0 Å². The standard InChI is InChI=1S/C13H16N2O4S3/c1-10-6-7-13(20-10)22(18,19)14-9-11-4-3-5-12(8-11)15-21(2,16)17/h3-8,14-15H,9H2,1-2H3. The number of thiophene rings is 1. The first-order valence-corrected chi connectivity index (χ1v) is 10.5. The van der Waals surface area contributed by atoms with Crippen molar-refractivity contribution in [1.82, 2.24) is 4.72 Å². The van der Waals surface area contributed by atoms with Crippen LogP contribution in [0.4, 0.5) is 5.69 Å². The first-order chi connectivity index (χ1) is 10.2. The lowest BCUT2D eigenvalue weighted by atomic mass is 10.2. The fraction of sp³-hybridized carbons (Fsp3) is 0.231. The zero-order valence-corrected chi connectivity index (χ0v) is 14.5. The third-order valence-electron chi connectivity index (χ3n) is 2.68. The van der Waals surface area contributed by atoms with E-state index in [9.17, 15) is 16.8 Å². The van der Waals surface area contributed by atoms with Crippen LogP contribution in [0.5, 0.6) is 0 Å². The third-order valence-corrected chi connectivity index (χ3v) is 6.18. The van der Waals surface area contributed by atoms with E-state index in [4.69, 9.17) is 0 Å². The van der Waals surface area contributed by atoms with Crippen molar-refractivity contribution in [2.45, 2.75) is 17.7 Å². The van der Waals surface area contributed by atoms with E-state index in [-0.39, 0.29) is 10.8 Å². The second-order valence-corrected chi connectivity index (χ2v) is 9.79. The van der Waals surface area contributed by atoms with Crippen LogP contribution >= 0.6 is 11.3 Å². The maximum atomic E-state index is 12.1. The summed E-state index contributed by atoms with van der Waals surface area (Å²) in [6, 6.07) is 9.87. The molecule has 9 heteroatoms. The normalized spacial score (nSPS) is 12.3. The van der Waals surface area contributed by atoms with Gasteiger partial charge in [0, 0.05) is 17.1 Å². The molecule has 0 saturated carbocycles. The molecule has 0 bridgehead atoms. The molecular formula is C13H16N2O4S3. The van der Waals surface area contributed by atoms with Gasteiger partial charge in [-0.15, -0.1) is 11.3 Å². The summed E-state index contributed by atoms with van der Waals surface area (Å²) in [5.41, 5.74) is 1.05. The van der Waals surface area contributed by atoms with Crippen molar-refractivity contribution in [3.63, 3.8) is 0 Å². The van der Waals surface area contributed by atoms with Crippen LogP contribution in [0.1, 0.15) is 10.4 Å². The Morgan fingerprint density at radius 1 is 1.09 bits per heavy atom. The number of hydrogen-bond donors (Lipinski definition) is 2. The van der Waals surface area contributed by atoms with Crippen molar-refractivity contribution in [3.8, 4) is 0 Å². The lowest BCUT2D eigenvalue weighted by Crippen LogP contribution is -2.22. The van der Waals surface area contributed by atoms with Gasteiger partial charge in [0.25, 0.3) is 0 Å². The smallest absolute Gasteiger partial charge is 0.250 e. The predicted molar refractivity (Wildman–Crippen MR) is 88.0 cm³/mol. The Labute approximate surface area is 134 Å². The Balaban J connectivity index is 2.10. The molecule has 0 fully saturated rings. The van der Waals surface area contributed by atoms with Gasteiger partial charge in [-0.05, 0) is 36.8 Å². The van der Waals surface area contributed by atoms with E-state index >= 15 is 0 Å². The van der Waals surface area contributed by atoms with E-state index < -0.39 is 20.0 Å². The number of aryl methyl sites for hydroxylation is 1. The van der Waals surface area contributed by atoms with Gasteiger partial charge in [0.1, 0.15) is 4.21 Å². The number of sulfonamides is 2. The molecule has 0 radical (unpaired) electrons. The van der Waals surface area contributed by atoms with Crippen molar-refractivity contribution in [3.05, 3.63) is 46.8 Å². The van der Waals surface area contributed by atoms with Gasteiger partial charge in [-0.1, -0.05) is 12.1 Å². The molecule has 0 atom stereocenters. The highest BCUT2D eigenvalue weighted by molar-refractivity contribution is 7.92. The van der Waals surface area contributed by atoms with Gasteiger partial charge < -0.3 is 0 Å². The van der Waals surface area contributed by atoms with Crippen molar-refractivity contribution in [2.75, 3.05) is 11.0 Å². The van der Waals surface area contributed by atoms with Crippen molar-refractivity contribution in [2.24, 2.45) is 0 Å². The van der Waals surface area contributed by atoms with Crippen molar-refractivity contribution in [1.29, 1.82) is 0 Å². The maximum absolute atomic E-state index is 12.1. The fourth-order valence-corrected chi connectivity index (χ4v) is 4.67. The van der Waals surface area contributed by atoms with Gasteiger partial charge in [0.05, 0.1) is 6.26 Å². The number of benzene rings is 1. The fourth-order valence-electron chi connectivity index (χ4n) is 1.76. The highest BCUT2D eigenvalue weighted by Gasteiger charge is 2.15. The minimum atomic E-state index is -3.56. The first kappa shape index (κ1) is 16.9. The molecule has 0 aliphatic heterocycles. The molecule has 0 amide bonds. The molecule has 0 unspecified atom stereocenters. The second kappa shape index (κ2) is 6.37. The van der Waals surface area contributed by atoms with E-state index in [2.05, 4.69) is 9.44 Å². The quantitative estimate of drug-likeness (QED) is 0.823. The van der Waals surface area contributed by atoms with Gasteiger partial charge in [-0.25, -0.2) is 21.6 Å². The minimum Gasteiger partial charge on any atom is -0.284 e. The lowest BCUT2D eigenvalue weighted by Gasteiger charge is -2.08. The Hall–Kier alpha value is -1.42. The lowest BCUT2D eigenvalue weighted by molar-refractivity contribution is 0.583. The molecule has 1 aromatic carbocycles. The van der Waals surface area contributed by atoms with E-state index in [1.54, 1.807) is 36.4 Å². The maximum Gasteiger partial charge on any atom is 0.250 e. The van der Waals surface area contributed by atoms with Gasteiger partial charge in [0.2, 0.25) is 20.0 Å². The second-order valence-electron chi connectivity index (χ2n) is 4.76. The SMILES string of the molecule is Cc1ccc(S(=O)(=O)NCc2cccc(NS(C)(=O)=O)c2)s1. The van der Waals surface area contributed by atoms with Crippen molar-refractivity contribution >= 4 is 37.1 Å². The van der Waals surface area contributed by atoms with Crippen LogP contribution in [0.15, 0.2) is 40.6 Å². The Morgan fingerprint density at radius 3 is 2.41 bits per heavy atom.